The van der Waals surface area contributed by atoms with Crippen LogP contribution in [0.15, 0.2) is 30.3 Å². The van der Waals surface area contributed by atoms with Gasteiger partial charge in [-0.3, -0.25) is 0 Å². The molecule has 0 amide bonds. The average Bonchev–Trinajstić information content (AvgIpc) is 2.39. The summed E-state index contributed by atoms with van der Waals surface area (Å²) in [5.74, 6) is -2.58. The second-order valence-electron chi connectivity index (χ2n) is 4.26. The van der Waals surface area contributed by atoms with Crippen LogP contribution < -0.4 is 5.32 Å². The van der Waals surface area contributed by atoms with E-state index in [1.54, 1.807) is 6.92 Å². The van der Waals surface area contributed by atoms with Crippen LogP contribution in [0.3, 0.4) is 0 Å². The third kappa shape index (κ3) is 3.02. The molecule has 0 aromatic heterocycles. The topological polar surface area (TPSA) is 12.0 Å². The van der Waals surface area contributed by atoms with Crippen molar-refractivity contribution >= 4 is 28.9 Å². The summed E-state index contributed by atoms with van der Waals surface area (Å²) >= 11 is 11.6. The fourth-order valence-corrected chi connectivity index (χ4v) is 2.34. The predicted molar refractivity (Wildman–Crippen MR) is 74.8 cm³/mol. The van der Waals surface area contributed by atoms with Crippen molar-refractivity contribution in [2.45, 2.75) is 13.0 Å². The minimum absolute atomic E-state index is 0.0241. The zero-order chi connectivity index (χ0) is 14.9. The first-order chi connectivity index (χ1) is 9.40. The molecule has 0 saturated heterocycles. The van der Waals surface area contributed by atoms with Crippen LogP contribution >= 0.6 is 23.2 Å². The monoisotopic (exact) mass is 319 g/mol. The number of halogens is 5. The van der Waals surface area contributed by atoms with Crippen LogP contribution in [-0.2, 0) is 0 Å². The van der Waals surface area contributed by atoms with E-state index in [0.29, 0.717) is 5.56 Å². The van der Waals surface area contributed by atoms with Crippen molar-refractivity contribution in [2.75, 3.05) is 5.32 Å². The van der Waals surface area contributed by atoms with Crippen molar-refractivity contribution < 1.29 is 13.2 Å². The Labute approximate surface area is 124 Å². The van der Waals surface area contributed by atoms with E-state index < -0.39 is 23.5 Å². The summed E-state index contributed by atoms with van der Waals surface area (Å²) in [6, 6.07) is 5.69. The molecule has 1 atom stereocenters. The molecule has 2 aromatic rings. The fraction of sp³-hybridized carbons (Fsp3) is 0.143. The molecule has 0 radical (unpaired) electrons. The Bertz CT molecular complexity index is 647. The third-order valence-corrected chi connectivity index (χ3v) is 3.45. The van der Waals surface area contributed by atoms with Crippen LogP contribution in [0.2, 0.25) is 10.0 Å². The van der Waals surface area contributed by atoms with Gasteiger partial charge >= 0.3 is 0 Å². The minimum Gasteiger partial charge on any atom is -0.376 e. The molecule has 0 fully saturated rings. The van der Waals surface area contributed by atoms with Gasteiger partial charge in [-0.2, -0.15) is 0 Å². The molecule has 6 heteroatoms. The number of hydrogen-bond acceptors (Lipinski definition) is 1. The lowest BCUT2D eigenvalue weighted by Gasteiger charge is -2.18. The van der Waals surface area contributed by atoms with Gasteiger partial charge in [0.25, 0.3) is 0 Å². The van der Waals surface area contributed by atoms with Gasteiger partial charge in [-0.15, -0.1) is 0 Å². The van der Waals surface area contributed by atoms with Gasteiger partial charge in [-0.1, -0.05) is 29.3 Å². The summed E-state index contributed by atoms with van der Waals surface area (Å²) in [6.45, 7) is 1.65. The van der Waals surface area contributed by atoms with Gasteiger partial charge < -0.3 is 5.32 Å². The van der Waals surface area contributed by atoms with E-state index in [1.807, 2.05) is 0 Å². The van der Waals surface area contributed by atoms with Crippen molar-refractivity contribution in [1.29, 1.82) is 0 Å². The van der Waals surface area contributed by atoms with Gasteiger partial charge in [-0.05, 0) is 36.8 Å². The van der Waals surface area contributed by atoms with Gasteiger partial charge in [0.05, 0.1) is 16.8 Å². The molecule has 0 aliphatic rings. The van der Waals surface area contributed by atoms with Crippen molar-refractivity contribution in [2.24, 2.45) is 0 Å². The van der Waals surface area contributed by atoms with Crippen LogP contribution in [0.4, 0.5) is 18.9 Å². The van der Waals surface area contributed by atoms with Crippen molar-refractivity contribution in [1.82, 2.24) is 0 Å². The Hall–Kier alpha value is -1.39. The molecule has 0 spiro atoms. The molecule has 0 heterocycles. The van der Waals surface area contributed by atoms with Crippen LogP contribution in [0.25, 0.3) is 0 Å². The van der Waals surface area contributed by atoms with Gasteiger partial charge in [0.2, 0.25) is 0 Å². The number of anilines is 1. The van der Waals surface area contributed by atoms with Crippen molar-refractivity contribution in [3.63, 3.8) is 0 Å². The highest BCUT2D eigenvalue weighted by Crippen LogP contribution is 2.31. The van der Waals surface area contributed by atoms with Crippen molar-refractivity contribution in [3.05, 3.63) is 63.4 Å². The summed E-state index contributed by atoms with van der Waals surface area (Å²) < 4.78 is 40.1. The zero-order valence-electron chi connectivity index (χ0n) is 10.4. The Morgan fingerprint density at radius 3 is 2.40 bits per heavy atom. The average molecular weight is 320 g/mol. The molecule has 2 aromatic carbocycles. The first kappa shape index (κ1) is 15.0. The molecule has 0 aliphatic heterocycles. The first-order valence-corrected chi connectivity index (χ1v) is 6.50. The molecule has 20 heavy (non-hydrogen) atoms. The zero-order valence-corrected chi connectivity index (χ0v) is 11.9. The summed E-state index contributed by atoms with van der Waals surface area (Å²) in [6.07, 6.45) is 0. The van der Waals surface area contributed by atoms with E-state index in [1.165, 1.54) is 24.3 Å². The lowest BCUT2D eigenvalue weighted by Crippen LogP contribution is -2.09. The lowest BCUT2D eigenvalue weighted by atomic mass is 10.1. The van der Waals surface area contributed by atoms with E-state index in [9.17, 15) is 13.2 Å². The van der Waals surface area contributed by atoms with Crippen molar-refractivity contribution in [3.8, 4) is 0 Å². The number of benzene rings is 2. The molecule has 1 N–H and O–H groups in total. The van der Waals surface area contributed by atoms with Gasteiger partial charge in [-0.25, -0.2) is 13.2 Å². The van der Waals surface area contributed by atoms with E-state index in [-0.39, 0.29) is 15.7 Å². The highest BCUT2D eigenvalue weighted by Gasteiger charge is 2.16. The maximum absolute atomic E-state index is 13.6. The number of nitrogens with one attached hydrogen (secondary N) is 1. The molecule has 1 unspecified atom stereocenters. The minimum atomic E-state index is -0.995. The largest absolute Gasteiger partial charge is 0.376 e. The van der Waals surface area contributed by atoms with Crippen LogP contribution in [0.5, 0.6) is 0 Å². The second kappa shape index (κ2) is 5.94. The van der Waals surface area contributed by atoms with E-state index in [0.717, 1.165) is 6.07 Å². The van der Waals surface area contributed by atoms with Crippen LogP contribution in [-0.4, -0.2) is 0 Å². The quantitative estimate of drug-likeness (QED) is 0.728. The Morgan fingerprint density at radius 1 is 1.00 bits per heavy atom. The van der Waals surface area contributed by atoms with E-state index in [4.69, 9.17) is 23.2 Å². The molecular weight excluding hydrogens is 310 g/mol. The molecule has 106 valence electrons. The predicted octanol–water partition coefficient (Wildman–Crippen LogP) is 5.58. The molecular formula is C14H10Cl2F3N. The van der Waals surface area contributed by atoms with Crippen LogP contribution in [0, 0.1) is 17.5 Å². The summed E-state index contributed by atoms with van der Waals surface area (Å²) in [4.78, 5) is 0. The van der Waals surface area contributed by atoms with Gasteiger partial charge in [0.1, 0.15) is 5.82 Å². The molecule has 0 aliphatic carbocycles. The maximum atomic E-state index is 13.6. The number of hydrogen-bond donors (Lipinski definition) is 1. The highest BCUT2D eigenvalue weighted by molar-refractivity contribution is 6.35. The van der Waals surface area contributed by atoms with E-state index in [2.05, 4.69) is 5.32 Å². The van der Waals surface area contributed by atoms with Crippen LogP contribution in [0.1, 0.15) is 18.5 Å². The summed E-state index contributed by atoms with van der Waals surface area (Å²) in [7, 11) is 0. The molecule has 0 bridgehead atoms. The molecule has 0 saturated carbocycles. The molecule has 1 nitrogen and oxygen atoms in total. The fourth-order valence-electron chi connectivity index (χ4n) is 1.80. The first-order valence-electron chi connectivity index (χ1n) is 5.75. The SMILES string of the molecule is CC(Nc1cccc(F)c1F)c1cc(F)c(Cl)cc1Cl. The van der Waals surface area contributed by atoms with Gasteiger partial charge in [0.15, 0.2) is 11.6 Å². The summed E-state index contributed by atoms with van der Waals surface area (Å²) in [5, 5.41) is 2.89. The highest BCUT2D eigenvalue weighted by atomic mass is 35.5. The smallest absolute Gasteiger partial charge is 0.181 e. The number of rotatable bonds is 3. The Morgan fingerprint density at radius 2 is 1.70 bits per heavy atom. The summed E-state index contributed by atoms with van der Waals surface area (Å²) in [5.41, 5.74) is 0.376. The Balaban J connectivity index is 2.31. The normalized spacial score (nSPS) is 12.3. The standard InChI is InChI=1S/C14H10Cl2F3N/c1-7(8-5-12(18)10(16)6-9(8)15)20-13-4-2-3-11(17)14(13)19/h2-7,20H,1H3. The Kier molecular flexibility index (Phi) is 4.45. The second-order valence-corrected chi connectivity index (χ2v) is 5.07. The lowest BCUT2D eigenvalue weighted by molar-refractivity contribution is 0.510. The van der Waals surface area contributed by atoms with E-state index >= 15 is 0 Å². The maximum Gasteiger partial charge on any atom is 0.181 e. The van der Waals surface area contributed by atoms with Gasteiger partial charge in [0, 0.05) is 5.02 Å². The molecule has 2 rings (SSSR count). The third-order valence-electron chi connectivity index (χ3n) is 2.83.